The molecular weight excluding hydrogens is 180 g/mol. The Hall–Kier alpha value is -0.190. The van der Waals surface area contributed by atoms with Crippen LogP contribution in [0.2, 0.25) is 0 Å². The summed E-state index contributed by atoms with van der Waals surface area (Å²) in [5.74, 6) is -0.375. The normalized spacial score (nSPS) is 10.6. The fourth-order valence-electron chi connectivity index (χ4n) is 0.682. The third-order valence-electron chi connectivity index (χ3n) is 1.17. The van der Waals surface area contributed by atoms with E-state index in [4.69, 9.17) is 5.11 Å². The molecule has 1 radical (unpaired) electrons. The molecule has 0 spiro atoms. The van der Waals surface area contributed by atoms with Crippen molar-refractivity contribution in [1.82, 2.24) is 0 Å². The number of rotatable bonds is 0. The van der Waals surface area contributed by atoms with Gasteiger partial charge in [-0.15, -0.1) is 0 Å². The molecule has 0 atom stereocenters. The number of halogens is 3. The summed E-state index contributed by atoms with van der Waals surface area (Å²) in [7, 11) is 0. The van der Waals surface area contributed by atoms with Gasteiger partial charge in [0.05, 0.1) is 5.56 Å². The maximum atomic E-state index is 11.9. The van der Waals surface area contributed by atoms with Gasteiger partial charge >= 0.3 is 6.18 Å². The third kappa shape index (κ3) is 3.05. The van der Waals surface area contributed by atoms with Gasteiger partial charge in [-0.05, 0) is 18.2 Å². The number of aromatic hydroxyl groups is 1. The van der Waals surface area contributed by atoms with Crippen molar-refractivity contribution in [2.75, 3.05) is 0 Å². The molecule has 1 N–H and O–H groups in total. The predicted molar refractivity (Wildman–Crippen MR) is 38.9 cm³/mol. The van der Waals surface area contributed by atoms with Crippen molar-refractivity contribution in [3.63, 3.8) is 0 Å². The van der Waals surface area contributed by atoms with Crippen LogP contribution >= 0.6 is 0 Å². The molecular formula is C7H5F3NaO. The average Bonchev–Trinajstić information content (AvgIpc) is 1.86. The molecule has 5 heteroatoms. The molecule has 0 heterocycles. The van der Waals surface area contributed by atoms with Gasteiger partial charge in [-0.1, -0.05) is 6.07 Å². The quantitative estimate of drug-likeness (QED) is 0.613. The minimum Gasteiger partial charge on any atom is -0.508 e. The molecule has 0 aliphatic rings. The predicted octanol–water partition coefficient (Wildman–Crippen LogP) is 2.03. The Bertz CT molecular complexity index is 259. The number of alkyl halides is 3. The van der Waals surface area contributed by atoms with Gasteiger partial charge in [-0.3, -0.25) is 0 Å². The van der Waals surface area contributed by atoms with Crippen LogP contribution in [-0.4, -0.2) is 34.7 Å². The molecule has 1 nitrogen and oxygen atoms in total. The van der Waals surface area contributed by atoms with E-state index in [0.29, 0.717) is 6.07 Å². The molecule has 0 saturated heterocycles. The summed E-state index contributed by atoms with van der Waals surface area (Å²) in [4.78, 5) is 0. The molecule has 0 unspecified atom stereocenters. The Morgan fingerprint density at radius 3 is 2.08 bits per heavy atom. The van der Waals surface area contributed by atoms with Gasteiger partial charge < -0.3 is 5.11 Å². The molecule has 0 aliphatic carbocycles. The number of phenols is 1. The molecule has 0 aliphatic heterocycles. The van der Waals surface area contributed by atoms with Gasteiger partial charge in [0.2, 0.25) is 0 Å². The summed E-state index contributed by atoms with van der Waals surface area (Å²) in [6.07, 6.45) is -4.38. The Balaban J connectivity index is 0.00000121. The molecule has 0 amide bonds. The minimum atomic E-state index is -4.38. The topological polar surface area (TPSA) is 20.2 Å². The van der Waals surface area contributed by atoms with E-state index in [-0.39, 0.29) is 35.3 Å². The van der Waals surface area contributed by atoms with Crippen LogP contribution in [-0.2, 0) is 6.18 Å². The fourth-order valence-corrected chi connectivity index (χ4v) is 0.682. The summed E-state index contributed by atoms with van der Waals surface area (Å²) < 4.78 is 35.6. The van der Waals surface area contributed by atoms with E-state index in [9.17, 15) is 13.2 Å². The summed E-state index contributed by atoms with van der Waals surface area (Å²) in [5, 5.41) is 8.68. The van der Waals surface area contributed by atoms with E-state index in [1.165, 1.54) is 6.07 Å². The minimum absolute atomic E-state index is 0. The van der Waals surface area contributed by atoms with Crippen LogP contribution in [0.15, 0.2) is 24.3 Å². The third-order valence-corrected chi connectivity index (χ3v) is 1.17. The van der Waals surface area contributed by atoms with Crippen molar-refractivity contribution in [2.45, 2.75) is 6.18 Å². The number of benzene rings is 1. The standard InChI is InChI=1S/C7H5F3O.Na/c8-7(9,10)5-2-1-3-6(11)4-5;/h1-4,11H;. The number of hydrogen-bond acceptors (Lipinski definition) is 1. The van der Waals surface area contributed by atoms with Crippen molar-refractivity contribution < 1.29 is 18.3 Å². The second-order valence-electron chi connectivity index (χ2n) is 2.05. The van der Waals surface area contributed by atoms with Crippen LogP contribution in [0.25, 0.3) is 0 Å². The Kier molecular flexibility index (Phi) is 4.10. The van der Waals surface area contributed by atoms with Crippen LogP contribution < -0.4 is 0 Å². The summed E-state index contributed by atoms with van der Waals surface area (Å²) >= 11 is 0. The van der Waals surface area contributed by atoms with E-state index >= 15 is 0 Å². The second-order valence-corrected chi connectivity index (χ2v) is 2.05. The molecule has 61 valence electrons. The molecule has 0 bridgehead atoms. The maximum absolute atomic E-state index is 11.9. The van der Waals surface area contributed by atoms with Gasteiger partial charge in [-0.2, -0.15) is 13.2 Å². The van der Waals surface area contributed by atoms with Crippen LogP contribution in [0.1, 0.15) is 5.56 Å². The van der Waals surface area contributed by atoms with Crippen LogP contribution in [0.5, 0.6) is 5.75 Å². The van der Waals surface area contributed by atoms with E-state index in [2.05, 4.69) is 0 Å². The fraction of sp³-hybridized carbons (Fsp3) is 0.143. The molecule has 1 aromatic rings. The molecule has 1 aromatic carbocycles. The van der Waals surface area contributed by atoms with Crippen LogP contribution in [0.4, 0.5) is 13.2 Å². The second kappa shape index (κ2) is 4.16. The molecule has 0 saturated carbocycles. The van der Waals surface area contributed by atoms with Crippen LogP contribution in [0.3, 0.4) is 0 Å². The smallest absolute Gasteiger partial charge is 0.416 e. The van der Waals surface area contributed by atoms with Gasteiger partial charge in [0.1, 0.15) is 5.75 Å². The molecule has 0 aromatic heterocycles. The molecule has 12 heavy (non-hydrogen) atoms. The van der Waals surface area contributed by atoms with Crippen molar-refractivity contribution in [1.29, 1.82) is 0 Å². The zero-order valence-corrected chi connectivity index (χ0v) is 8.39. The van der Waals surface area contributed by atoms with Crippen molar-refractivity contribution >= 4 is 29.6 Å². The van der Waals surface area contributed by atoms with E-state index in [1.807, 2.05) is 0 Å². The largest absolute Gasteiger partial charge is 0.508 e. The molecule has 1 rings (SSSR count). The summed E-state index contributed by atoms with van der Waals surface area (Å²) in [5.41, 5.74) is -0.836. The first kappa shape index (κ1) is 11.8. The summed E-state index contributed by atoms with van der Waals surface area (Å²) in [6, 6.07) is 3.92. The summed E-state index contributed by atoms with van der Waals surface area (Å²) in [6.45, 7) is 0. The Morgan fingerprint density at radius 1 is 1.17 bits per heavy atom. The first-order valence-electron chi connectivity index (χ1n) is 2.86. The van der Waals surface area contributed by atoms with Gasteiger partial charge in [-0.25, -0.2) is 0 Å². The van der Waals surface area contributed by atoms with Gasteiger partial charge in [0.15, 0.2) is 0 Å². The first-order chi connectivity index (χ1) is 5.00. The van der Waals surface area contributed by atoms with E-state index in [1.54, 1.807) is 0 Å². The van der Waals surface area contributed by atoms with Crippen molar-refractivity contribution in [3.05, 3.63) is 29.8 Å². The zero-order valence-electron chi connectivity index (χ0n) is 6.39. The van der Waals surface area contributed by atoms with Crippen molar-refractivity contribution in [3.8, 4) is 5.75 Å². The van der Waals surface area contributed by atoms with E-state index < -0.39 is 11.7 Å². The SMILES string of the molecule is Oc1cccc(C(F)(F)F)c1.[Na]. The van der Waals surface area contributed by atoms with E-state index in [0.717, 1.165) is 12.1 Å². The van der Waals surface area contributed by atoms with Gasteiger partial charge in [0.25, 0.3) is 0 Å². The molecule has 0 fully saturated rings. The average molecular weight is 185 g/mol. The first-order valence-corrected chi connectivity index (χ1v) is 2.86. The van der Waals surface area contributed by atoms with Crippen molar-refractivity contribution in [2.24, 2.45) is 0 Å². The van der Waals surface area contributed by atoms with Crippen LogP contribution in [0, 0.1) is 0 Å². The number of phenolic OH excluding ortho intramolecular Hbond substituents is 1. The Labute approximate surface area is 89.5 Å². The zero-order chi connectivity index (χ0) is 8.48. The Morgan fingerprint density at radius 2 is 1.75 bits per heavy atom. The van der Waals surface area contributed by atoms with Gasteiger partial charge in [0, 0.05) is 29.6 Å². The maximum Gasteiger partial charge on any atom is 0.416 e. The monoisotopic (exact) mass is 185 g/mol. The number of hydrogen-bond donors (Lipinski definition) is 1.